The maximum absolute atomic E-state index is 12.2. The number of nitrogens with one attached hydrogen (secondary N) is 1. The highest BCUT2D eigenvalue weighted by atomic mass is 16.5. The third-order valence-electron chi connectivity index (χ3n) is 4.26. The van der Waals surface area contributed by atoms with Crippen molar-refractivity contribution in [2.75, 3.05) is 26.3 Å². The van der Waals surface area contributed by atoms with Crippen LogP contribution in [-0.2, 0) is 14.3 Å². The molecule has 2 aliphatic rings. The van der Waals surface area contributed by atoms with Gasteiger partial charge < -0.3 is 15.0 Å². The maximum atomic E-state index is 12.2. The molecule has 114 valence electrons. The van der Waals surface area contributed by atoms with Gasteiger partial charge in [-0.15, -0.1) is 0 Å². The van der Waals surface area contributed by atoms with Crippen molar-refractivity contribution >= 4 is 11.8 Å². The van der Waals surface area contributed by atoms with Gasteiger partial charge in [-0.3, -0.25) is 9.59 Å². The summed E-state index contributed by atoms with van der Waals surface area (Å²) in [6.07, 6.45) is 6.67. The monoisotopic (exact) mass is 282 g/mol. The lowest BCUT2D eigenvalue weighted by Gasteiger charge is -2.40. The van der Waals surface area contributed by atoms with E-state index in [1.807, 2.05) is 0 Å². The molecule has 0 aromatic rings. The number of piperazine rings is 1. The zero-order chi connectivity index (χ0) is 14.4. The minimum absolute atomic E-state index is 0.0204. The molecule has 1 saturated heterocycles. The largest absolute Gasteiger partial charge is 0.380 e. The first-order chi connectivity index (χ1) is 9.74. The first-order valence-corrected chi connectivity index (χ1v) is 7.89. The third-order valence-corrected chi connectivity index (χ3v) is 4.26. The minimum Gasteiger partial charge on any atom is -0.380 e. The summed E-state index contributed by atoms with van der Waals surface area (Å²) in [4.78, 5) is 26.1. The van der Waals surface area contributed by atoms with Gasteiger partial charge in [-0.1, -0.05) is 26.2 Å². The number of carbonyl (C=O) groups excluding carboxylic acids is 2. The van der Waals surface area contributed by atoms with Gasteiger partial charge in [0.15, 0.2) is 0 Å². The minimum atomic E-state index is -0.276. The molecule has 1 aliphatic carbocycles. The van der Waals surface area contributed by atoms with E-state index in [-0.39, 0.29) is 24.4 Å². The lowest BCUT2D eigenvalue weighted by molar-refractivity contribution is -0.149. The van der Waals surface area contributed by atoms with Crippen LogP contribution in [0.25, 0.3) is 0 Å². The molecule has 0 aromatic heterocycles. The van der Waals surface area contributed by atoms with Gasteiger partial charge in [0.2, 0.25) is 11.8 Å². The van der Waals surface area contributed by atoms with Gasteiger partial charge in [0.25, 0.3) is 0 Å². The Morgan fingerprint density at radius 1 is 1.20 bits per heavy atom. The van der Waals surface area contributed by atoms with Crippen LogP contribution in [0.1, 0.15) is 45.4 Å². The van der Waals surface area contributed by atoms with E-state index in [1.165, 1.54) is 19.3 Å². The Morgan fingerprint density at radius 2 is 1.95 bits per heavy atom. The standard InChI is InChI=1S/C15H26N2O3/c1-2-9-20-10-8-17-13(18)11-16-15(19)14(17)12-6-4-3-5-7-12/h12,14H,2-11H2,1H3,(H,16,19). The van der Waals surface area contributed by atoms with Crippen molar-refractivity contribution in [2.45, 2.75) is 51.5 Å². The highest BCUT2D eigenvalue weighted by Crippen LogP contribution is 2.30. The van der Waals surface area contributed by atoms with E-state index in [0.717, 1.165) is 19.3 Å². The maximum Gasteiger partial charge on any atom is 0.243 e. The molecule has 1 heterocycles. The Kier molecular flexibility index (Phi) is 5.83. The summed E-state index contributed by atoms with van der Waals surface area (Å²) in [6, 6.07) is -0.276. The number of nitrogens with zero attached hydrogens (tertiary/aromatic N) is 1. The average Bonchev–Trinajstić information content (AvgIpc) is 2.48. The van der Waals surface area contributed by atoms with E-state index in [1.54, 1.807) is 4.90 Å². The fourth-order valence-electron chi connectivity index (χ4n) is 3.26. The van der Waals surface area contributed by atoms with E-state index in [2.05, 4.69) is 12.2 Å². The highest BCUT2D eigenvalue weighted by molar-refractivity contribution is 5.95. The first kappa shape index (κ1) is 15.3. The summed E-state index contributed by atoms with van der Waals surface area (Å²) in [5.41, 5.74) is 0. The molecule has 2 rings (SSSR count). The molecule has 1 N–H and O–H groups in total. The Morgan fingerprint density at radius 3 is 2.65 bits per heavy atom. The molecule has 0 spiro atoms. The molecule has 20 heavy (non-hydrogen) atoms. The van der Waals surface area contributed by atoms with Crippen LogP contribution in [0.3, 0.4) is 0 Å². The molecule has 2 fully saturated rings. The summed E-state index contributed by atoms with van der Waals surface area (Å²) >= 11 is 0. The smallest absolute Gasteiger partial charge is 0.243 e. The van der Waals surface area contributed by atoms with Crippen LogP contribution in [0.2, 0.25) is 0 Å². The molecule has 0 bridgehead atoms. The van der Waals surface area contributed by atoms with Gasteiger partial charge in [0, 0.05) is 13.2 Å². The Hall–Kier alpha value is -1.10. The molecule has 1 atom stereocenters. The van der Waals surface area contributed by atoms with Crippen LogP contribution < -0.4 is 5.32 Å². The molecule has 0 aromatic carbocycles. The van der Waals surface area contributed by atoms with Crippen molar-refractivity contribution in [3.05, 3.63) is 0 Å². The SMILES string of the molecule is CCCOCCN1C(=O)CNC(=O)C1C1CCCCC1. The van der Waals surface area contributed by atoms with E-state index < -0.39 is 0 Å². The number of ether oxygens (including phenoxy) is 1. The van der Waals surface area contributed by atoms with Crippen LogP contribution in [0.15, 0.2) is 0 Å². The molecular weight excluding hydrogens is 256 g/mol. The topological polar surface area (TPSA) is 58.6 Å². The molecule has 1 saturated carbocycles. The fraction of sp³-hybridized carbons (Fsp3) is 0.867. The predicted molar refractivity (Wildman–Crippen MR) is 76.2 cm³/mol. The molecular formula is C15H26N2O3. The van der Waals surface area contributed by atoms with E-state index in [9.17, 15) is 9.59 Å². The second kappa shape index (κ2) is 7.62. The van der Waals surface area contributed by atoms with Gasteiger partial charge in [-0.25, -0.2) is 0 Å². The molecule has 2 amide bonds. The number of hydrogen-bond acceptors (Lipinski definition) is 3. The molecule has 1 unspecified atom stereocenters. The second-order valence-electron chi connectivity index (χ2n) is 5.76. The number of carbonyl (C=O) groups is 2. The fourth-order valence-corrected chi connectivity index (χ4v) is 3.26. The molecule has 5 nitrogen and oxygen atoms in total. The summed E-state index contributed by atoms with van der Waals surface area (Å²) < 4.78 is 5.48. The summed E-state index contributed by atoms with van der Waals surface area (Å²) in [7, 11) is 0. The first-order valence-electron chi connectivity index (χ1n) is 7.89. The van der Waals surface area contributed by atoms with Gasteiger partial charge in [0.1, 0.15) is 6.04 Å². The van der Waals surface area contributed by atoms with E-state index >= 15 is 0 Å². The van der Waals surface area contributed by atoms with Crippen molar-refractivity contribution in [1.82, 2.24) is 10.2 Å². The molecule has 5 heteroatoms. The van der Waals surface area contributed by atoms with Gasteiger partial charge in [-0.05, 0) is 25.2 Å². The molecule has 1 aliphatic heterocycles. The lowest BCUT2D eigenvalue weighted by atomic mass is 9.82. The van der Waals surface area contributed by atoms with Crippen molar-refractivity contribution in [2.24, 2.45) is 5.92 Å². The van der Waals surface area contributed by atoms with Crippen LogP contribution in [0, 0.1) is 5.92 Å². The summed E-state index contributed by atoms with van der Waals surface area (Å²) in [6.45, 7) is 3.96. The second-order valence-corrected chi connectivity index (χ2v) is 5.76. The van der Waals surface area contributed by atoms with Gasteiger partial charge in [0.05, 0.1) is 13.2 Å². The Balaban J connectivity index is 1.98. The zero-order valence-electron chi connectivity index (χ0n) is 12.4. The summed E-state index contributed by atoms with van der Waals surface area (Å²) in [5, 5.41) is 2.74. The number of rotatable bonds is 6. The third kappa shape index (κ3) is 3.72. The van der Waals surface area contributed by atoms with Gasteiger partial charge in [-0.2, -0.15) is 0 Å². The van der Waals surface area contributed by atoms with Crippen LogP contribution in [0.4, 0.5) is 0 Å². The number of amides is 2. The van der Waals surface area contributed by atoms with Crippen LogP contribution in [0.5, 0.6) is 0 Å². The van der Waals surface area contributed by atoms with E-state index in [0.29, 0.717) is 25.7 Å². The normalized spacial score (nSPS) is 24.9. The summed E-state index contributed by atoms with van der Waals surface area (Å²) in [5.74, 6) is 0.367. The Bertz CT molecular complexity index is 340. The van der Waals surface area contributed by atoms with Crippen LogP contribution in [-0.4, -0.2) is 49.1 Å². The van der Waals surface area contributed by atoms with Gasteiger partial charge >= 0.3 is 0 Å². The lowest BCUT2D eigenvalue weighted by Crippen LogP contribution is -2.61. The Labute approximate surface area is 121 Å². The molecule has 0 radical (unpaired) electrons. The van der Waals surface area contributed by atoms with Crippen LogP contribution >= 0.6 is 0 Å². The quantitative estimate of drug-likeness (QED) is 0.748. The van der Waals surface area contributed by atoms with E-state index in [4.69, 9.17) is 4.74 Å². The van der Waals surface area contributed by atoms with Crippen molar-refractivity contribution in [1.29, 1.82) is 0 Å². The average molecular weight is 282 g/mol. The van der Waals surface area contributed by atoms with Crippen molar-refractivity contribution < 1.29 is 14.3 Å². The zero-order valence-corrected chi connectivity index (χ0v) is 12.4. The van der Waals surface area contributed by atoms with Crippen molar-refractivity contribution in [3.8, 4) is 0 Å². The number of hydrogen-bond donors (Lipinski definition) is 1. The highest BCUT2D eigenvalue weighted by Gasteiger charge is 2.39. The van der Waals surface area contributed by atoms with Crippen molar-refractivity contribution in [3.63, 3.8) is 0 Å². The predicted octanol–water partition coefficient (Wildman–Crippen LogP) is 1.32.